The molecule has 2 fully saturated rings. The van der Waals surface area contributed by atoms with Gasteiger partial charge in [-0.15, -0.1) is 12.4 Å². The molecule has 20 heavy (non-hydrogen) atoms. The predicted molar refractivity (Wildman–Crippen MR) is 80.4 cm³/mol. The molecule has 2 rings (SSSR count). The maximum atomic E-state index is 11.6. The molecule has 0 spiro atoms. The smallest absolute Gasteiger partial charge is 0.407 e. The quantitative estimate of drug-likeness (QED) is 0.839. The van der Waals surface area contributed by atoms with Crippen LogP contribution in [0.2, 0.25) is 0 Å². The van der Waals surface area contributed by atoms with Gasteiger partial charge in [-0.05, 0) is 59.5 Å². The molecule has 118 valence electrons. The number of halogens is 1. The molecule has 1 amide bonds. The van der Waals surface area contributed by atoms with Crippen molar-refractivity contribution in [3.63, 3.8) is 0 Å². The summed E-state index contributed by atoms with van der Waals surface area (Å²) in [7, 11) is 0. The number of ether oxygens (including phenoxy) is 2. The first-order valence-corrected chi connectivity index (χ1v) is 7.28. The summed E-state index contributed by atoms with van der Waals surface area (Å²) in [5, 5.41) is 6.21. The summed E-state index contributed by atoms with van der Waals surface area (Å²) in [5.41, 5.74) is -0.432. The van der Waals surface area contributed by atoms with Crippen LogP contribution in [0.5, 0.6) is 0 Å². The van der Waals surface area contributed by atoms with Crippen molar-refractivity contribution in [3.8, 4) is 0 Å². The average molecular weight is 307 g/mol. The number of alkyl carbamates (subject to hydrolysis) is 1. The lowest BCUT2D eigenvalue weighted by molar-refractivity contribution is -0.0741. The van der Waals surface area contributed by atoms with Crippen LogP contribution in [0.4, 0.5) is 4.79 Å². The van der Waals surface area contributed by atoms with Gasteiger partial charge in [-0.1, -0.05) is 0 Å². The Morgan fingerprint density at radius 1 is 1.15 bits per heavy atom. The summed E-state index contributed by atoms with van der Waals surface area (Å²) in [4.78, 5) is 11.6. The molecule has 0 aromatic rings. The summed E-state index contributed by atoms with van der Waals surface area (Å²) in [6.45, 7) is 7.72. The van der Waals surface area contributed by atoms with Crippen LogP contribution in [-0.2, 0) is 9.47 Å². The minimum Gasteiger partial charge on any atom is -0.444 e. The first-order valence-electron chi connectivity index (χ1n) is 7.28. The summed E-state index contributed by atoms with van der Waals surface area (Å²) in [6.07, 6.45) is 4.39. The number of amides is 1. The second kappa shape index (κ2) is 7.48. The molecule has 0 aromatic carbocycles. The Balaban J connectivity index is 0.00000200. The summed E-state index contributed by atoms with van der Waals surface area (Å²) in [5.74, 6) is 0. The van der Waals surface area contributed by atoms with Crippen LogP contribution in [0.1, 0.15) is 46.5 Å². The first-order chi connectivity index (χ1) is 8.92. The SMILES string of the molecule is CC(C)(C)OC(=O)NC1CC(OC2CCNCC2)C1.Cl. The normalized spacial score (nSPS) is 27.1. The molecule has 1 aliphatic carbocycles. The largest absolute Gasteiger partial charge is 0.444 e. The highest BCUT2D eigenvalue weighted by molar-refractivity contribution is 5.85. The van der Waals surface area contributed by atoms with Crippen LogP contribution in [-0.4, -0.2) is 43.0 Å². The van der Waals surface area contributed by atoms with Gasteiger partial charge >= 0.3 is 6.09 Å². The maximum absolute atomic E-state index is 11.6. The Morgan fingerprint density at radius 2 is 1.75 bits per heavy atom. The summed E-state index contributed by atoms with van der Waals surface area (Å²) in [6, 6.07) is 0.210. The fourth-order valence-electron chi connectivity index (χ4n) is 2.47. The molecule has 2 aliphatic rings. The monoisotopic (exact) mass is 306 g/mol. The van der Waals surface area contributed by atoms with E-state index in [0.717, 1.165) is 38.8 Å². The molecule has 6 heteroatoms. The van der Waals surface area contributed by atoms with Gasteiger partial charge in [0, 0.05) is 6.04 Å². The van der Waals surface area contributed by atoms with E-state index in [1.54, 1.807) is 0 Å². The van der Waals surface area contributed by atoms with E-state index >= 15 is 0 Å². The molecule has 5 nitrogen and oxygen atoms in total. The minimum absolute atomic E-state index is 0. The maximum Gasteiger partial charge on any atom is 0.407 e. The third-order valence-corrected chi connectivity index (χ3v) is 3.49. The second-order valence-corrected chi connectivity index (χ2v) is 6.52. The molecule has 1 saturated carbocycles. The summed E-state index contributed by atoms with van der Waals surface area (Å²) >= 11 is 0. The van der Waals surface area contributed by atoms with Crippen LogP contribution in [0.25, 0.3) is 0 Å². The van der Waals surface area contributed by atoms with E-state index in [1.807, 2.05) is 20.8 Å². The van der Waals surface area contributed by atoms with Crippen molar-refractivity contribution in [2.75, 3.05) is 13.1 Å². The fraction of sp³-hybridized carbons (Fsp3) is 0.929. The van der Waals surface area contributed by atoms with Crippen molar-refractivity contribution in [1.29, 1.82) is 0 Å². The third-order valence-electron chi connectivity index (χ3n) is 3.49. The number of hydrogen-bond acceptors (Lipinski definition) is 4. The van der Waals surface area contributed by atoms with Gasteiger partial charge in [0.2, 0.25) is 0 Å². The van der Waals surface area contributed by atoms with Crippen molar-refractivity contribution >= 4 is 18.5 Å². The topological polar surface area (TPSA) is 59.6 Å². The predicted octanol–water partition coefficient (Wildman–Crippen LogP) is 2.23. The van der Waals surface area contributed by atoms with E-state index in [9.17, 15) is 4.79 Å². The molecular formula is C14H27ClN2O3. The molecule has 1 heterocycles. The van der Waals surface area contributed by atoms with Gasteiger partial charge in [0.15, 0.2) is 0 Å². The molecule has 0 unspecified atom stereocenters. The van der Waals surface area contributed by atoms with Gasteiger partial charge in [-0.3, -0.25) is 0 Å². The van der Waals surface area contributed by atoms with E-state index in [4.69, 9.17) is 9.47 Å². The molecule has 2 N–H and O–H groups in total. The van der Waals surface area contributed by atoms with Crippen LogP contribution in [0.15, 0.2) is 0 Å². The Kier molecular flexibility index (Phi) is 6.55. The van der Waals surface area contributed by atoms with Crippen molar-refractivity contribution in [2.24, 2.45) is 0 Å². The van der Waals surface area contributed by atoms with Crippen LogP contribution in [0, 0.1) is 0 Å². The van der Waals surface area contributed by atoms with Gasteiger partial charge < -0.3 is 20.1 Å². The number of rotatable bonds is 3. The molecule has 0 aromatic heterocycles. The highest BCUT2D eigenvalue weighted by Gasteiger charge is 2.34. The van der Waals surface area contributed by atoms with Crippen molar-refractivity contribution in [1.82, 2.24) is 10.6 Å². The number of piperidine rings is 1. The average Bonchev–Trinajstić information content (AvgIpc) is 2.25. The van der Waals surface area contributed by atoms with Gasteiger partial charge in [0.05, 0.1) is 12.2 Å². The third kappa shape index (κ3) is 5.85. The first kappa shape index (κ1) is 17.5. The van der Waals surface area contributed by atoms with Crippen molar-refractivity contribution in [3.05, 3.63) is 0 Å². The van der Waals surface area contributed by atoms with Gasteiger partial charge in [-0.2, -0.15) is 0 Å². The van der Waals surface area contributed by atoms with Crippen LogP contribution >= 0.6 is 12.4 Å². The number of carbonyl (C=O) groups excluding carboxylic acids is 1. The lowest BCUT2D eigenvalue weighted by atomic mass is 9.89. The Labute approximate surface area is 127 Å². The van der Waals surface area contributed by atoms with Crippen molar-refractivity contribution < 1.29 is 14.3 Å². The standard InChI is InChI=1S/C14H26N2O3.ClH/c1-14(2,3)19-13(17)16-10-8-12(9-10)18-11-4-6-15-7-5-11;/h10-12,15H,4-9H2,1-3H3,(H,16,17);1H. The van der Waals surface area contributed by atoms with E-state index < -0.39 is 5.60 Å². The molecule has 0 bridgehead atoms. The molecule has 0 atom stereocenters. The van der Waals surface area contributed by atoms with E-state index in [-0.39, 0.29) is 24.5 Å². The van der Waals surface area contributed by atoms with E-state index in [1.165, 1.54) is 0 Å². The van der Waals surface area contributed by atoms with Gasteiger partial charge in [0.25, 0.3) is 0 Å². The molecular weight excluding hydrogens is 280 g/mol. The van der Waals surface area contributed by atoms with Gasteiger partial charge in [0.1, 0.15) is 5.60 Å². The fourth-order valence-corrected chi connectivity index (χ4v) is 2.47. The molecule has 1 aliphatic heterocycles. The molecule has 0 radical (unpaired) electrons. The van der Waals surface area contributed by atoms with Gasteiger partial charge in [-0.25, -0.2) is 4.79 Å². The lowest BCUT2D eigenvalue weighted by Gasteiger charge is -2.38. The minimum atomic E-state index is -0.432. The van der Waals surface area contributed by atoms with E-state index in [0.29, 0.717) is 12.2 Å². The zero-order chi connectivity index (χ0) is 13.9. The summed E-state index contributed by atoms with van der Waals surface area (Å²) < 4.78 is 11.2. The zero-order valence-corrected chi connectivity index (χ0v) is 13.4. The Morgan fingerprint density at radius 3 is 2.30 bits per heavy atom. The highest BCUT2D eigenvalue weighted by atomic mass is 35.5. The van der Waals surface area contributed by atoms with Crippen LogP contribution < -0.4 is 10.6 Å². The highest BCUT2D eigenvalue weighted by Crippen LogP contribution is 2.26. The zero-order valence-electron chi connectivity index (χ0n) is 12.6. The Bertz CT molecular complexity index is 308. The van der Waals surface area contributed by atoms with Crippen LogP contribution in [0.3, 0.4) is 0 Å². The van der Waals surface area contributed by atoms with E-state index in [2.05, 4.69) is 10.6 Å². The van der Waals surface area contributed by atoms with Crippen molar-refractivity contribution in [2.45, 2.75) is 70.3 Å². The second-order valence-electron chi connectivity index (χ2n) is 6.52. The number of hydrogen-bond donors (Lipinski definition) is 2. The number of nitrogens with one attached hydrogen (secondary N) is 2. The lowest BCUT2D eigenvalue weighted by Crippen LogP contribution is -2.50. The Hall–Kier alpha value is -0.520. The molecule has 1 saturated heterocycles. The number of carbonyl (C=O) groups is 1.